The third-order valence-corrected chi connectivity index (χ3v) is 5.17. The number of hydrazine groups is 1. The summed E-state index contributed by atoms with van der Waals surface area (Å²) >= 11 is 5.16. The molecule has 0 saturated heterocycles. The van der Waals surface area contributed by atoms with Crippen molar-refractivity contribution < 1.29 is 14.4 Å². The zero-order valence-corrected chi connectivity index (χ0v) is 17.9. The molecule has 3 N–H and O–H groups in total. The van der Waals surface area contributed by atoms with Crippen molar-refractivity contribution >= 4 is 35.1 Å². The van der Waals surface area contributed by atoms with Crippen LogP contribution in [0, 0.1) is 5.92 Å². The van der Waals surface area contributed by atoms with Crippen molar-refractivity contribution in [2.24, 2.45) is 5.92 Å². The average molecular weight is 419 g/mol. The molecule has 1 heterocycles. The average Bonchev–Trinajstić information content (AvgIpc) is 2.70. The molecule has 8 heteroatoms. The van der Waals surface area contributed by atoms with Gasteiger partial charge in [0.05, 0.1) is 6.42 Å². The largest absolute Gasteiger partial charge is 0.361 e. The molecule has 0 fully saturated rings. The highest BCUT2D eigenvalue weighted by molar-refractivity contribution is 7.80. The van der Waals surface area contributed by atoms with Gasteiger partial charge in [-0.25, -0.2) is 0 Å². The Morgan fingerprint density at radius 1 is 1.21 bits per heavy atom. The van der Waals surface area contributed by atoms with Crippen LogP contribution in [0.2, 0.25) is 0 Å². The molecule has 0 spiro atoms. The highest BCUT2D eigenvalue weighted by atomic mass is 32.1. The Bertz CT molecular complexity index is 753. The van der Waals surface area contributed by atoms with E-state index in [2.05, 4.69) is 30.0 Å². The number of carbonyl (C=O) groups is 3. The van der Waals surface area contributed by atoms with Crippen molar-refractivity contribution in [3.8, 4) is 0 Å². The van der Waals surface area contributed by atoms with Crippen LogP contribution in [-0.4, -0.2) is 40.8 Å². The molecule has 1 atom stereocenters. The summed E-state index contributed by atoms with van der Waals surface area (Å²) in [6.07, 6.45) is 4.95. The molecule has 0 unspecified atom stereocenters. The van der Waals surface area contributed by atoms with Gasteiger partial charge < -0.3 is 5.32 Å². The number of unbranched alkanes of at least 4 members (excludes halogenated alkanes) is 2. The molecule has 29 heavy (non-hydrogen) atoms. The number of hydrogen-bond donors (Lipinski definition) is 3. The second-order valence-corrected chi connectivity index (χ2v) is 7.83. The van der Waals surface area contributed by atoms with E-state index in [0.717, 1.165) is 23.4 Å². The van der Waals surface area contributed by atoms with Gasteiger partial charge in [0.1, 0.15) is 0 Å². The summed E-state index contributed by atoms with van der Waals surface area (Å²) < 4.78 is 0. The van der Waals surface area contributed by atoms with Crippen LogP contribution in [0.25, 0.3) is 0 Å². The number of imide groups is 1. The zero-order valence-electron chi connectivity index (χ0n) is 17.1. The molecule has 1 aromatic rings. The highest BCUT2D eigenvalue weighted by Gasteiger charge is 2.30. The van der Waals surface area contributed by atoms with Gasteiger partial charge in [-0.3, -0.25) is 30.1 Å². The van der Waals surface area contributed by atoms with Crippen LogP contribution >= 0.6 is 12.2 Å². The molecule has 158 valence electrons. The van der Waals surface area contributed by atoms with Crippen molar-refractivity contribution in [1.82, 2.24) is 21.1 Å². The van der Waals surface area contributed by atoms with Gasteiger partial charge in [-0.05, 0) is 36.2 Å². The predicted octanol–water partition coefficient (Wildman–Crippen LogP) is 2.31. The summed E-state index contributed by atoms with van der Waals surface area (Å²) in [5.74, 6) is -0.490. The molecule has 1 aliphatic rings. The highest BCUT2D eigenvalue weighted by Crippen LogP contribution is 2.19. The van der Waals surface area contributed by atoms with Crippen LogP contribution in [0.5, 0.6) is 0 Å². The lowest BCUT2D eigenvalue weighted by molar-refractivity contribution is -0.129. The standard InChI is InChI=1S/C21H30N4O3S/c1-3-4-5-8-15(2)14-22-21(29)24-23-18(26)11-12-25-19(27)13-16-9-6-7-10-17(16)20(25)28/h6-7,9-10,15H,3-5,8,11-14H2,1-2H3,(H,23,26)(H2,22,24,29)/t15-/m0/s1. The first kappa shape index (κ1) is 22.8. The fraction of sp³-hybridized carbons (Fsp3) is 0.524. The molecule has 0 radical (unpaired) electrons. The Kier molecular flexibility index (Phi) is 9.05. The van der Waals surface area contributed by atoms with Gasteiger partial charge in [-0.1, -0.05) is 51.3 Å². The molecular weight excluding hydrogens is 388 g/mol. The third kappa shape index (κ3) is 7.12. The number of thiocarbonyl (C=S) groups is 1. The first-order valence-electron chi connectivity index (χ1n) is 10.2. The molecule has 1 aliphatic heterocycles. The molecule has 1 aromatic carbocycles. The minimum absolute atomic E-state index is 0.00266. The van der Waals surface area contributed by atoms with Gasteiger partial charge in [0.25, 0.3) is 5.91 Å². The number of amides is 3. The molecule has 3 amide bonds. The van der Waals surface area contributed by atoms with Crippen LogP contribution in [0.4, 0.5) is 0 Å². The van der Waals surface area contributed by atoms with Gasteiger partial charge in [0.2, 0.25) is 11.8 Å². The van der Waals surface area contributed by atoms with E-state index in [0.29, 0.717) is 16.6 Å². The van der Waals surface area contributed by atoms with Crippen LogP contribution in [0.15, 0.2) is 24.3 Å². The number of fused-ring (bicyclic) bond motifs is 1. The van der Waals surface area contributed by atoms with E-state index in [1.54, 1.807) is 24.3 Å². The van der Waals surface area contributed by atoms with E-state index in [1.165, 1.54) is 19.3 Å². The summed E-state index contributed by atoms with van der Waals surface area (Å²) in [6.45, 7) is 5.12. The van der Waals surface area contributed by atoms with Crippen LogP contribution in [0.3, 0.4) is 0 Å². The number of hydrogen-bond acceptors (Lipinski definition) is 4. The van der Waals surface area contributed by atoms with Crippen molar-refractivity contribution in [2.45, 2.75) is 52.4 Å². The normalized spacial score (nSPS) is 14.2. The SMILES string of the molecule is CCCCC[C@H](C)CNC(=S)NNC(=O)CCN1C(=O)Cc2ccccc2C1=O. The summed E-state index contributed by atoms with van der Waals surface area (Å²) in [7, 11) is 0. The van der Waals surface area contributed by atoms with E-state index in [4.69, 9.17) is 12.2 Å². The first-order valence-corrected chi connectivity index (χ1v) is 10.6. The lowest BCUT2D eigenvalue weighted by atomic mass is 9.98. The fourth-order valence-electron chi connectivity index (χ4n) is 3.18. The quantitative estimate of drug-likeness (QED) is 0.247. The summed E-state index contributed by atoms with van der Waals surface area (Å²) in [5.41, 5.74) is 6.41. The maximum atomic E-state index is 12.5. The van der Waals surface area contributed by atoms with E-state index >= 15 is 0 Å². The van der Waals surface area contributed by atoms with Crippen molar-refractivity contribution in [1.29, 1.82) is 0 Å². The van der Waals surface area contributed by atoms with Crippen LogP contribution < -0.4 is 16.2 Å². The Hall–Kier alpha value is -2.48. The van der Waals surface area contributed by atoms with Gasteiger partial charge in [-0.2, -0.15) is 0 Å². The monoisotopic (exact) mass is 418 g/mol. The Labute approximate surface area is 177 Å². The van der Waals surface area contributed by atoms with Gasteiger partial charge in [-0.15, -0.1) is 0 Å². The van der Waals surface area contributed by atoms with Gasteiger partial charge in [0, 0.05) is 25.1 Å². The maximum Gasteiger partial charge on any atom is 0.260 e. The van der Waals surface area contributed by atoms with E-state index in [9.17, 15) is 14.4 Å². The second kappa shape index (κ2) is 11.5. The zero-order chi connectivity index (χ0) is 21.2. The molecule has 7 nitrogen and oxygen atoms in total. The number of nitrogens with one attached hydrogen (secondary N) is 3. The summed E-state index contributed by atoms with van der Waals surface area (Å²) in [6, 6.07) is 7.04. The number of benzene rings is 1. The minimum Gasteiger partial charge on any atom is -0.361 e. The topological polar surface area (TPSA) is 90.5 Å². The fourth-order valence-corrected chi connectivity index (χ4v) is 3.32. The second-order valence-electron chi connectivity index (χ2n) is 7.42. The molecular formula is C21H30N4O3S. The van der Waals surface area contributed by atoms with Crippen molar-refractivity contribution in [3.63, 3.8) is 0 Å². The number of carbonyl (C=O) groups excluding carboxylic acids is 3. The van der Waals surface area contributed by atoms with E-state index in [1.807, 2.05) is 0 Å². The summed E-state index contributed by atoms with van der Waals surface area (Å²) in [5, 5.41) is 3.43. The van der Waals surface area contributed by atoms with Crippen molar-refractivity contribution in [3.05, 3.63) is 35.4 Å². The molecule has 0 aromatic heterocycles. The first-order chi connectivity index (χ1) is 13.9. The smallest absolute Gasteiger partial charge is 0.260 e. The maximum absolute atomic E-state index is 12.5. The lowest BCUT2D eigenvalue weighted by Crippen LogP contribution is -2.49. The Balaban J connectivity index is 1.69. The number of nitrogens with zero attached hydrogens (tertiary/aromatic N) is 1. The van der Waals surface area contributed by atoms with Crippen LogP contribution in [-0.2, 0) is 16.0 Å². The Morgan fingerprint density at radius 2 is 1.97 bits per heavy atom. The Morgan fingerprint density at radius 3 is 2.72 bits per heavy atom. The lowest BCUT2D eigenvalue weighted by Gasteiger charge is -2.26. The van der Waals surface area contributed by atoms with Gasteiger partial charge >= 0.3 is 0 Å². The molecule has 0 bridgehead atoms. The van der Waals surface area contributed by atoms with Gasteiger partial charge in [0.15, 0.2) is 5.11 Å². The third-order valence-electron chi connectivity index (χ3n) is 4.93. The predicted molar refractivity (Wildman–Crippen MR) is 116 cm³/mol. The molecule has 0 saturated carbocycles. The number of rotatable bonds is 9. The van der Waals surface area contributed by atoms with Crippen molar-refractivity contribution in [2.75, 3.05) is 13.1 Å². The molecule has 2 rings (SSSR count). The summed E-state index contributed by atoms with van der Waals surface area (Å²) in [4.78, 5) is 37.9. The van der Waals surface area contributed by atoms with E-state index < -0.39 is 0 Å². The van der Waals surface area contributed by atoms with Crippen LogP contribution in [0.1, 0.15) is 61.9 Å². The minimum atomic E-state index is -0.355. The molecule has 0 aliphatic carbocycles. The van der Waals surface area contributed by atoms with E-state index in [-0.39, 0.29) is 37.1 Å².